The Bertz CT molecular complexity index is 1180. The number of benzene rings is 2. The number of alkyl halides is 2. The molecule has 0 aliphatic carbocycles. The number of nitrogens with zero attached hydrogens (tertiary/aromatic N) is 2. The van der Waals surface area contributed by atoms with E-state index in [0.29, 0.717) is 10.7 Å². The molecule has 0 amide bonds. The van der Waals surface area contributed by atoms with E-state index in [2.05, 4.69) is 41.8 Å². The number of carbonyl (C=O) groups is 1. The number of hydrogen-bond acceptors (Lipinski definition) is 5. The van der Waals surface area contributed by atoms with Crippen molar-refractivity contribution < 1.29 is 14.3 Å². The number of aromatic nitrogens is 2. The maximum Gasteiger partial charge on any atom is 0.509 e. The van der Waals surface area contributed by atoms with E-state index in [1.807, 2.05) is 74.5 Å². The number of para-hydroxylation sites is 2. The Morgan fingerprint density at radius 3 is 1.59 bits per heavy atom. The van der Waals surface area contributed by atoms with Gasteiger partial charge in [-0.05, 0) is 26.0 Å². The maximum atomic E-state index is 12.6. The number of halogens is 2. The summed E-state index contributed by atoms with van der Waals surface area (Å²) in [6, 6.07) is 19.7. The van der Waals surface area contributed by atoms with E-state index in [4.69, 9.17) is 9.47 Å². The Kier molecular flexibility index (Phi) is 7.06. The molecular formula is C25H22Br2N2O3. The van der Waals surface area contributed by atoms with Gasteiger partial charge in [-0.15, -0.1) is 0 Å². The molecule has 0 saturated carbocycles. The Labute approximate surface area is 203 Å². The highest BCUT2D eigenvalue weighted by Crippen LogP contribution is 2.29. The van der Waals surface area contributed by atoms with Crippen molar-refractivity contribution in [2.24, 2.45) is 0 Å². The van der Waals surface area contributed by atoms with Crippen LogP contribution >= 0.6 is 31.9 Å². The second-order valence-electron chi connectivity index (χ2n) is 7.48. The molecule has 4 aromatic rings. The molecular weight excluding hydrogens is 536 g/mol. The number of fused-ring (bicyclic) bond motifs is 2. The van der Waals surface area contributed by atoms with Gasteiger partial charge in [-0.2, -0.15) is 0 Å². The molecule has 0 aliphatic heterocycles. The van der Waals surface area contributed by atoms with Crippen molar-refractivity contribution in [2.45, 2.75) is 36.7 Å². The van der Waals surface area contributed by atoms with Gasteiger partial charge < -0.3 is 9.47 Å². The molecule has 2 aromatic heterocycles. The van der Waals surface area contributed by atoms with Crippen LogP contribution in [0.15, 0.2) is 60.7 Å². The average Bonchev–Trinajstić information content (AvgIpc) is 2.82. The molecule has 0 N–H and O–H groups in total. The zero-order valence-electron chi connectivity index (χ0n) is 17.7. The Balaban J connectivity index is 1.53. The van der Waals surface area contributed by atoms with Crippen LogP contribution in [-0.4, -0.2) is 16.1 Å². The van der Waals surface area contributed by atoms with Crippen LogP contribution in [0.2, 0.25) is 0 Å². The molecule has 0 fully saturated rings. The first kappa shape index (κ1) is 22.7. The summed E-state index contributed by atoms with van der Waals surface area (Å²) in [7, 11) is 0. The lowest BCUT2D eigenvalue weighted by molar-refractivity contribution is 0.00688. The molecule has 4 rings (SSSR count). The number of carbonyl (C=O) groups excluding carboxylic acids is 1. The van der Waals surface area contributed by atoms with Gasteiger partial charge in [0.2, 0.25) is 0 Å². The van der Waals surface area contributed by atoms with Gasteiger partial charge in [-0.25, -0.2) is 4.79 Å². The van der Waals surface area contributed by atoms with E-state index < -0.39 is 18.4 Å². The zero-order valence-corrected chi connectivity index (χ0v) is 20.9. The highest BCUT2D eigenvalue weighted by atomic mass is 79.9. The lowest BCUT2D eigenvalue weighted by Gasteiger charge is -2.19. The molecule has 5 nitrogen and oxygen atoms in total. The second-order valence-corrected chi connectivity index (χ2v) is 8.60. The summed E-state index contributed by atoms with van der Waals surface area (Å²) in [5.74, 6) is 0. The standard InChI is InChI=1S/C25H22Br2N2O3/c1-15(21-7-3-5-17-9-11-19(13-26)28-23(17)21)31-25(30)32-16(2)22-8-4-6-18-10-12-20(14-27)29-24(18)22/h3-12,15-16H,13-14H2,1-2H3. The molecule has 164 valence electrons. The summed E-state index contributed by atoms with van der Waals surface area (Å²) in [5.41, 5.74) is 5.14. The predicted octanol–water partition coefficient (Wildman–Crippen LogP) is 7.55. The molecule has 0 saturated heterocycles. The van der Waals surface area contributed by atoms with Crippen LogP contribution < -0.4 is 0 Å². The third kappa shape index (κ3) is 4.79. The van der Waals surface area contributed by atoms with Gasteiger partial charge >= 0.3 is 6.16 Å². The quantitative estimate of drug-likeness (QED) is 0.181. The van der Waals surface area contributed by atoms with E-state index in [9.17, 15) is 4.79 Å². The molecule has 0 radical (unpaired) electrons. The number of ether oxygens (including phenoxy) is 2. The van der Waals surface area contributed by atoms with Crippen molar-refractivity contribution in [1.82, 2.24) is 9.97 Å². The minimum absolute atomic E-state index is 0.512. The van der Waals surface area contributed by atoms with Gasteiger partial charge in [0.25, 0.3) is 0 Å². The molecule has 0 bridgehead atoms. The van der Waals surface area contributed by atoms with Crippen LogP contribution in [-0.2, 0) is 20.1 Å². The highest BCUT2D eigenvalue weighted by Gasteiger charge is 2.20. The fourth-order valence-corrected chi connectivity index (χ4v) is 4.29. The van der Waals surface area contributed by atoms with Crippen molar-refractivity contribution in [3.05, 3.63) is 83.2 Å². The molecule has 2 unspecified atom stereocenters. The summed E-state index contributed by atoms with van der Waals surface area (Å²) in [4.78, 5) is 22.0. The van der Waals surface area contributed by atoms with Crippen LogP contribution in [0.25, 0.3) is 21.8 Å². The van der Waals surface area contributed by atoms with E-state index in [1.54, 1.807) is 0 Å². The number of hydrogen-bond donors (Lipinski definition) is 0. The Morgan fingerprint density at radius 1 is 0.750 bits per heavy atom. The van der Waals surface area contributed by atoms with Crippen LogP contribution in [0, 0.1) is 0 Å². The highest BCUT2D eigenvalue weighted by molar-refractivity contribution is 9.08. The van der Waals surface area contributed by atoms with Gasteiger partial charge in [-0.3, -0.25) is 9.97 Å². The van der Waals surface area contributed by atoms with E-state index in [1.165, 1.54) is 0 Å². The van der Waals surface area contributed by atoms with Crippen LogP contribution in [0.1, 0.15) is 48.6 Å². The molecule has 2 heterocycles. The van der Waals surface area contributed by atoms with Gasteiger partial charge in [0.05, 0.1) is 22.4 Å². The van der Waals surface area contributed by atoms with Crippen molar-refractivity contribution in [3.8, 4) is 0 Å². The van der Waals surface area contributed by atoms with E-state index >= 15 is 0 Å². The second kappa shape index (κ2) is 9.96. The van der Waals surface area contributed by atoms with Crippen molar-refractivity contribution in [1.29, 1.82) is 0 Å². The molecule has 7 heteroatoms. The number of pyridine rings is 2. The first-order valence-corrected chi connectivity index (χ1v) is 12.5. The first-order valence-electron chi connectivity index (χ1n) is 10.3. The Morgan fingerprint density at radius 2 is 1.19 bits per heavy atom. The minimum atomic E-state index is -0.729. The first-order chi connectivity index (χ1) is 15.5. The lowest BCUT2D eigenvalue weighted by atomic mass is 10.1. The third-order valence-corrected chi connectivity index (χ3v) is 6.46. The summed E-state index contributed by atoms with van der Waals surface area (Å²) in [6.45, 7) is 3.65. The summed E-state index contributed by atoms with van der Waals surface area (Å²) >= 11 is 6.89. The van der Waals surface area contributed by atoms with Crippen molar-refractivity contribution >= 4 is 59.8 Å². The summed E-state index contributed by atoms with van der Waals surface area (Å²) < 4.78 is 11.3. The van der Waals surface area contributed by atoms with Gasteiger partial charge in [0, 0.05) is 32.6 Å². The SMILES string of the molecule is CC(OC(=O)OC(C)c1cccc2ccc(CBr)nc12)c1cccc2ccc(CBr)nc12. The van der Waals surface area contributed by atoms with Gasteiger partial charge in [-0.1, -0.05) is 80.4 Å². The minimum Gasteiger partial charge on any atom is -0.426 e. The molecule has 2 aromatic carbocycles. The van der Waals surface area contributed by atoms with E-state index in [-0.39, 0.29) is 0 Å². The van der Waals surface area contributed by atoms with Crippen molar-refractivity contribution in [3.63, 3.8) is 0 Å². The third-order valence-electron chi connectivity index (χ3n) is 5.31. The fraction of sp³-hybridized carbons (Fsp3) is 0.240. The summed E-state index contributed by atoms with van der Waals surface area (Å²) in [5, 5.41) is 3.30. The van der Waals surface area contributed by atoms with Crippen LogP contribution in [0.3, 0.4) is 0 Å². The van der Waals surface area contributed by atoms with Crippen LogP contribution in [0.5, 0.6) is 0 Å². The molecule has 0 aliphatic rings. The molecule has 0 spiro atoms. The van der Waals surface area contributed by atoms with Crippen LogP contribution in [0.4, 0.5) is 4.79 Å². The van der Waals surface area contributed by atoms with Crippen molar-refractivity contribution in [2.75, 3.05) is 0 Å². The van der Waals surface area contributed by atoms with E-state index in [0.717, 1.165) is 44.3 Å². The normalized spacial score (nSPS) is 13.1. The Hall–Kier alpha value is -2.51. The predicted molar refractivity (Wildman–Crippen MR) is 133 cm³/mol. The lowest BCUT2D eigenvalue weighted by Crippen LogP contribution is -2.14. The van der Waals surface area contributed by atoms with Gasteiger partial charge in [0.1, 0.15) is 12.2 Å². The summed E-state index contributed by atoms with van der Waals surface area (Å²) in [6.07, 6.45) is -1.75. The molecule has 2 atom stereocenters. The largest absolute Gasteiger partial charge is 0.509 e. The topological polar surface area (TPSA) is 61.3 Å². The fourth-order valence-electron chi connectivity index (χ4n) is 3.67. The molecule has 32 heavy (non-hydrogen) atoms. The monoisotopic (exact) mass is 556 g/mol. The smallest absolute Gasteiger partial charge is 0.426 e. The zero-order chi connectivity index (χ0) is 22.7. The number of rotatable bonds is 6. The maximum absolute atomic E-state index is 12.6. The van der Waals surface area contributed by atoms with Gasteiger partial charge in [0.15, 0.2) is 0 Å². The average molecular weight is 558 g/mol.